The van der Waals surface area contributed by atoms with E-state index in [2.05, 4.69) is 30.3 Å². The molecule has 0 radical (unpaired) electrons. The quantitative estimate of drug-likeness (QED) is 0.502. The largest absolute Gasteiger partial charge is 0.465 e. The van der Waals surface area contributed by atoms with Crippen molar-refractivity contribution in [1.82, 2.24) is 15.0 Å². The maximum atomic E-state index is 12.7. The molecule has 0 aliphatic rings. The number of nitrogens with zero attached hydrogens (tertiary/aromatic N) is 3. The summed E-state index contributed by atoms with van der Waals surface area (Å²) in [5.74, 6) is -0.215. The summed E-state index contributed by atoms with van der Waals surface area (Å²) in [6.07, 6.45) is -2.72. The van der Waals surface area contributed by atoms with Gasteiger partial charge in [-0.3, -0.25) is 0 Å². The highest BCUT2D eigenvalue weighted by molar-refractivity contribution is 6.33. The Morgan fingerprint density at radius 2 is 1.70 bits per heavy atom. The molecule has 0 bridgehead atoms. The van der Waals surface area contributed by atoms with Crippen molar-refractivity contribution in [2.24, 2.45) is 0 Å². The second-order valence-corrected chi connectivity index (χ2v) is 6.26. The van der Waals surface area contributed by atoms with Gasteiger partial charge in [0.1, 0.15) is 17.8 Å². The van der Waals surface area contributed by atoms with Crippen molar-refractivity contribution >= 4 is 46.4 Å². The summed E-state index contributed by atoms with van der Waals surface area (Å²) in [5.41, 5.74) is 6.09. The molecule has 3 rings (SSSR count). The molecule has 0 spiro atoms. The van der Waals surface area contributed by atoms with Crippen LogP contribution in [0.5, 0.6) is 0 Å². The molecule has 0 saturated heterocycles. The fraction of sp³-hybridized carbons (Fsp3) is 0.111. The molecule has 3 aromatic rings. The fourth-order valence-electron chi connectivity index (χ4n) is 2.34. The van der Waals surface area contributed by atoms with Crippen LogP contribution in [0.15, 0.2) is 42.9 Å². The number of methoxy groups -OCH3 is 1. The minimum Gasteiger partial charge on any atom is -0.465 e. The van der Waals surface area contributed by atoms with E-state index < -0.39 is 17.7 Å². The van der Waals surface area contributed by atoms with Gasteiger partial charge in [0.2, 0.25) is 0 Å². The van der Waals surface area contributed by atoms with Gasteiger partial charge in [0.15, 0.2) is 11.6 Å². The maximum absolute atomic E-state index is 12.7. The summed E-state index contributed by atoms with van der Waals surface area (Å²) in [6, 6.07) is 7.09. The molecule has 0 saturated carbocycles. The predicted octanol–water partition coefficient (Wildman–Crippen LogP) is 4.40. The number of nitrogens with one attached hydrogen (secondary N) is 2. The van der Waals surface area contributed by atoms with E-state index in [9.17, 15) is 18.0 Å². The third kappa shape index (κ3) is 4.69. The summed E-state index contributed by atoms with van der Waals surface area (Å²) in [5, 5.41) is 5.39. The zero-order valence-corrected chi connectivity index (χ0v) is 16.0. The number of pyridine rings is 1. The van der Waals surface area contributed by atoms with Gasteiger partial charge in [-0.2, -0.15) is 13.2 Å². The lowest BCUT2D eigenvalue weighted by Crippen LogP contribution is -2.08. The molecule has 1 aromatic carbocycles. The topological polar surface area (TPSA) is 115 Å². The number of alkyl halides is 3. The molecule has 0 amide bonds. The van der Waals surface area contributed by atoms with Crippen LogP contribution in [-0.4, -0.2) is 28.0 Å². The first kappa shape index (κ1) is 21.1. The Balaban J connectivity index is 1.81. The summed E-state index contributed by atoms with van der Waals surface area (Å²) in [4.78, 5) is 23.2. The first-order valence-corrected chi connectivity index (χ1v) is 8.62. The van der Waals surface area contributed by atoms with Crippen LogP contribution in [0.3, 0.4) is 0 Å². The molecule has 2 heterocycles. The Kier molecular flexibility index (Phi) is 5.92. The second kappa shape index (κ2) is 8.41. The van der Waals surface area contributed by atoms with Crippen LogP contribution in [0, 0.1) is 0 Å². The van der Waals surface area contributed by atoms with Crippen LogP contribution in [0.25, 0.3) is 0 Å². The number of anilines is 5. The summed E-state index contributed by atoms with van der Waals surface area (Å²) in [6.45, 7) is 0. The number of carbonyl (C=O) groups is 1. The molecule has 0 fully saturated rings. The number of ether oxygens (including phenoxy) is 1. The average Bonchev–Trinajstić information content (AvgIpc) is 2.71. The predicted molar refractivity (Wildman–Crippen MR) is 105 cm³/mol. The van der Waals surface area contributed by atoms with Crippen LogP contribution in [-0.2, 0) is 10.9 Å². The number of nitrogen functional groups attached to an aromatic ring is 1. The van der Waals surface area contributed by atoms with E-state index in [-0.39, 0.29) is 28.2 Å². The smallest absolute Gasteiger partial charge is 0.417 e. The molecule has 0 unspecified atom stereocenters. The van der Waals surface area contributed by atoms with Gasteiger partial charge in [0, 0.05) is 11.9 Å². The Morgan fingerprint density at radius 3 is 2.27 bits per heavy atom. The summed E-state index contributed by atoms with van der Waals surface area (Å²) in [7, 11) is 1.28. The van der Waals surface area contributed by atoms with E-state index >= 15 is 0 Å². The van der Waals surface area contributed by atoms with Crippen molar-refractivity contribution in [3.05, 3.63) is 59.0 Å². The number of nitrogens with two attached hydrogens (primary N) is 1. The van der Waals surface area contributed by atoms with Crippen LogP contribution >= 0.6 is 11.6 Å². The molecular weight excluding hydrogens is 425 g/mol. The molecule has 2 aromatic heterocycles. The lowest BCUT2D eigenvalue weighted by molar-refractivity contribution is -0.137. The summed E-state index contributed by atoms with van der Waals surface area (Å²) >= 11 is 5.90. The van der Waals surface area contributed by atoms with Gasteiger partial charge in [-0.15, -0.1) is 0 Å². The fourth-order valence-corrected chi connectivity index (χ4v) is 2.55. The average molecular weight is 439 g/mol. The van der Waals surface area contributed by atoms with Crippen molar-refractivity contribution in [3.63, 3.8) is 0 Å². The van der Waals surface area contributed by atoms with Gasteiger partial charge >= 0.3 is 12.1 Å². The third-order valence-electron chi connectivity index (χ3n) is 3.86. The van der Waals surface area contributed by atoms with Crippen LogP contribution < -0.4 is 16.4 Å². The second-order valence-electron chi connectivity index (χ2n) is 5.86. The Hall–Kier alpha value is -3.60. The SMILES string of the molecule is COC(=O)c1ccc(Nc2ncnc(Nc3ncc(C(F)(F)F)cc3Cl)c2N)cc1. The third-order valence-corrected chi connectivity index (χ3v) is 4.15. The molecule has 0 aliphatic carbocycles. The van der Waals surface area contributed by atoms with E-state index in [0.717, 1.165) is 6.07 Å². The van der Waals surface area contributed by atoms with Crippen LogP contribution in [0.4, 0.5) is 42.0 Å². The number of carbonyl (C=O) groups excluding carboxylic acids is 1. The van der Waals surface area contributed by atoms with Crippen LogP contribution in [0.2, 0.25) is 5.02 Å². The number of halogens is 4. The normalized spacial score (nSPS) is 11.1. The molecule has 8 nitrogen and oxygen atoms in total. The van der Waals surface area contributed by atoms with Gasteiger partial charge < -0.3 is 21.1 Å². The monoisotopic (exact) mass is 438 g/mol. The van der Waals surface area contributed by atoms with E-state index in [4.69, 9.17) is 17.3 Å². The molecule has 0 atom stereocenters. The maximum Gasteiger partial charge on any atom is 0.417 e. The molecule has 0 aliphatic heterocycles. The Labute approximate surface area is 173 Å². The van der Waals surface area contributed by atoms with E-state index in [1.807, 2.05) is 0 Å². The number of esters is 1. The Bertz CT molecular complexity index is 1080. The molecular formula is C18H14ClF3N6O2. The lowest BCUT2D eigenvalue weighted by Gasteiger charge is -2.14. The minimum atomic E-state index is -4.57. The van der Waals surface area contributed by atoms with Crippen LogP contribution in [0.1, 0.15) is 15.9 Å². The van der Waals surface area contributed by atoms with Gasteiger partial charge in [-0.05, 0) is 30.3 Å². The lowest BCUT2D eigenvalue weighted by atomic mass is 10.2. The van der Waals surface area contributed by atoms with Crippen molar-refractivity contribution in [2.45, 2.75) is 6.18 Å². The zero-order chi connectivity index (χ0) is 21.9. The number of rotatable bonds is 5. The van der Waals surface area contributed by atoms with E-state index in [0.29, 0.717) is 17.4 Å². The number of hydrogen-bond donors (Lipinski definition) is 3. The minimum absolute atomic E-state index is 0.0524. The first-order chi connectivity index (χ1) is 14.2. The summed E-state index contributed by atoms with van der Waals surface area (Å²) < 4.78 is 42.9. The number of aromatic nitrogens is 3. The highest BCUT2D eigenvalue weighted by atomic mass is 35.5. The van der Waals surface area contributed by atoms with E-state index in [1.165, 1.54) is 13.4 Å². The van der Waals surface area contributed by atoms with Gasteiger partial charge in [0.25, 0.3) is 0 Å². The molecule has 4 N–H and O–H groups in total. The van der Waals surface area contributed by atoms with Gasteiger partial charge in [-0.25, -0.2) is 19.7 Å². The highest BCUT2D eigenvalue weighted by Crippen LogP contribution is 2.34. The van der Waals surface area contributed by atoms with Crippen molar-refractivity contribution < 1.29 is 22.7 Å². The van der Waals surface area contributed by atoms with E-state index in [1.54, 1.807) is 24.3 Å². The molecule has 12 heteroatoms. The zero-order valence-electron chi connectivity index (χ0n) is 15.3. The number of benzene rings is 1. The standard InChI is InChI=1S/C18H14ClF3N6O2/c1-30-17(29)9-2-4-11(5-3-9)27-15-13(23)16(26-8-25-15)28-14-12(19)6-10(7-24-14)18(20,21)22/h2-8H,23H2,1H3,(H2,24,25,26,27,28). The van der Waals surface area contributed by atoms with Crippen molar-refractivity contribution in [2.75, 3.05) is 23.5 Å². The first-order valence-electron chi connectivity index (χ1n) is 8.24. The van der Waals surface area contributed by atoms with Gasteiger partial charge in [-0.1, -0.05) is 11.6 Å². The molecule has 156 valence electrons. The highest BCUT2D eigenvalue weighted by Gasteiger charge is 2.31. The Morgan fingerprint density at radius 1 is 1.07 bits per heavy atom. The van der Waals surface area contributed by atoms with Crippen molar-refractivity contribution in [1.29, 1.82) is 0 Å². The van der Waals surface area contributed by atoms with Gasteiger partial charge in [0.05, 0.1) is 23.3 Å². The molecule has 30 heavy (non-hydrogen) atoms. The van der Waals surface area contributed by atoms with Crippen molar-refractivity contribution in [3.8, 4) is 0 Å². The number of hydrogen-bond acceptors (Lipinski definition) is 8.